The van der Waals surface area contributed by atoms with Crippen molar-refractivity contribution in [2.45, 2.75) is 0 Å². The number of aromatic nitrogens is 5. The summed E-state index contributed by atoms with van der Waals surface area (Å²) < 4.78 is 4.42. The summed E-state index contributed by atoms with van der Waals surface area (Å²) in [7, 11) is 0. The van der Waals surface area contributed by atoms with E-state index in [1.54, 1.807) is 12.4 Å². The van der Waals surface area contributed by atoms with Crippen LogP contribution >= 0.6 is 0 Å². The maximum Gasteiger partial charge on any atom is 0.161 e. The lowest BCUT2D eigenvalue weighted by Crippen LogP contribution is -2.05. The van der Waals surface area contributed by atoms with Gasteiger partial charge in [0.2, 0.25) is 0 Å². The van der Waals surface area contributed by atoms with Crippen LogP contribution in [0.2, 0.25) is 0 Å². The first-order valence-corrected chi connectivity index (χ1v) is 21.7. The summed E-state index contributed by atoms with van der Waals surface area (Å²) in [5.74, 6) is 0.458. The predicted molar refractivity (Wildman–Crippen MR) is 265 cm³/mol. The van der Waals surface area contributed by atoms with Crippen LogP contribution in [-0.4, -0.2) is 24.1 Å². The highest BCUT2D eigenvalue weighted by Crippen LogP contribution is 2.43. The second kappa shape index (κ2) is 15.7. The van der Waals surface area contributed by atoms with Crippen molar-refractivity contribution in [1.82, 2.24) is 24.1 Å². The van der Waals surface area contributed by atoms with Crippen molar-refractivity contribution in [2.75, 3.05) is 0 Å². The van der Waals surface area contributed by atoms with Gasteiger partial charge in [0, 0.05) is 50.6 Å². The Hall–Kier alpha value is -9.43. The number of hydrogen-bond donors (Lipinski definition) is 0. The van der Waals surface area contributed by atoms with Crippen molar-refractivity contribution in [3.05, 3.63) is 224 Å². The first-order chi connectivity index (χ1) is 32.7. The lowest BCUT2D eigenvalue weighted by atomic mass is 9.99. The van der Waals surface area contributed by atoms with E-state index in [9.17, 15) is 10.5 Å². The van der Waals surface area contributed by atoms with Crippen LogP contribution in [0.15, 0.2) is 213 Å². The number of pyridine rings is 1. The number of fused-ring (bicyclic) bond motifs is 6. The molecule has 0 spiro atoms. The molecule has 0 unspecified atom stereocenters. The fourth-order valence-electron chi connectivity index (χ4n) is 9.55. The Morgan fingerprint density at radius 2 is 0.818 bits per heavy atom. The highest BCUT2D eigenvalue weighted by molar-refractivity contribution is 6.12. The third kappa shape index (κ3) is 6.23. The fourth-order valence-corrected chi connectivity index (χ4v) is 9.55. The molecule has 0 saturated heterocycles. The molecule has 0 atom stereocenters. The molecular formula is C59H35N7. The topological polar surface area (TPSA) is 96.1 Å². The number of hydrogen-bond acceptors (Lipinski definition) is 5. The lowest BCUT2D eigenvalue weighted by Gasteiger charge is -2.18. The molecule has 0 saturated carbocycles. The molecule has 7 heteroatoms. The molecule has 12 rings (SSSR count). The zero-order valence-corrected chi connectivity index (χ0v) is 35.3. The van der Waals surface area contributed by atoms with Gasteiger partial charge in [-0.3, -0.25) is 4.98 Å². The third-order valence-corrected chi connectivity index (χ3v) is 12.5. The summed E-state index contributed by atoms with van der Waals surface area (Å²) in [4.78, 5) is 15.1. The van der Waals surface area contributed by atoms with E-state index in [-0.39, 0.29) is 0 Å². The highest BCUT2D eigenvalue weighted by atomic mass is 15.0. The van der Waals surface area contributed by atoms with E-state index in [0.29, 0.717) is 39.7 Å². The molecule has 12 aromatic rings. The van der Waals surface area contributed by atoms with Gasteiger partial charge in [0.05, 0.1) is 56.0 Å². The van der Waals surface area contributed by atoms with Gasteiger partial charge in [-0.1, -0.05) is 146 Å². The van der Waals surface area contributed by atoms with Crippen molar-refractivity contribution < 1.29 is 0 Å². The summed E-state index contributed by atoms with van der Waals surface area (Å²) in [5.41, 5.74) is 14.0. The van der Waals surface area contributed by atoms with E-state index >= 15 is 0 Å². The van der Waals surface area contributed by atoms with Gasteiger partial charge in [-0.05, 0) is 76.9 Å². The summed E-state index contributed by atoms with van der Waals surface area (Å²) in [6, 6.07) is 73.0. The first kappa shape index (κ1) is 38.3. The van der Waals surface area contributed by atoms with Crippen molar-refractivity contribution in [2.24, 2.45) is 0 Å². The van der Waals surface area contributed by atoms with Crippen LogP contribution in [0.4, 0.5) is 0 Å². The van der Waals surface area contributed by atoms with Crippen LogP contribution in [0.25, 0.3) is 111 Å². The lowest BCUT2D eigenvalue weighted by molar-refractivity contribution is 1.13. The molecule has 0 N–H and O–H groups in total. The monoisotopic (exact) mass is 841 g/mol. The number of benzene rings is 8. The van der Waals surface area contributed by atoms with Crippen molar-refractivity contribution in [3.8, 4) is 79.7 Å². The van der Waals surface area contributed by atoms with E-state index in [1.807, 2.05) is 103 Å². The van der Waals surface area contributed by atoms with Crippen LogP contribution in [0.1, 0.15) is 11.1 Å². The second-order valence-electron chi connectivity index (χ2n) is 16.2. The molecule has 4 heterocycles. The smallest absolute Gasteiger partial charge is 0.161 e. The molecule has 306 valence electrons. The summed E-state index contributed by atoms with van der Waals surface area (Å²) >= 11 is 0. The van der Waals surface area contributed by atoms with E-state index in [2.05, 4.69) is 123 Å². The predicted octanol–water partition coefficient (Wildman–Crippen LogP) is 14.1. The molecule has 0 fully saturated rings. The standard InChI is InChI=1S/C59H35N7/c60-35-42-18-11-23-49(57(42)65-53-25-9-7-21-45(53)47-29-27-40(32-55(47)65)38-14-3-1-4-15-38)51-34-52(64-59(63-51)44-20-13-31-62-37-44)50-24-12-19-43(36-61)58(50)66-54-26-10-8-22-46(54)48-30-28-41(33-56(48)66)39-16-5-2-6-17-39/h1-34,37H. The fraction of sp³-hybridized carbons (Fsp3) is 0. The van der Waals surface area contributed by atoms with E-state index < -0.39 is 0 Å². The molecule has 0 aliphatic rings. The van der Waals surface area contributed by atoms with Crippen molar-refractivity contribution >= 4 is 43.6 Å². The zero-order chi connectivity index (χ0) is 44.1. The van der Waals surface area contributed by atoms with Crippen LogP contribution in [0, 0.1) is 22.7 Å². The van der Waals surface area contributed by atoms with Crippen LogP contribution in [0.5, 0.6) is 0 Å². The Bertz CT molecular complexity index is 3710. The van der Waals surface area contributed by atoms with Gasteiger partial charge in [0.15, 0.2) is 5.82 Å². The molecule has 0 bridgehead atoms. The quantitative estimate of drug-likeness (QED) is 0.159. The molecule has 8 aromatic carbocycles. The van der Waals surface area contributed by atoms with Crippen LogP contribution in [-0.2, 0) is 0 Å². The maximum atomic E-state index is 11.0. The molecule has 0 aliphatic heterocycles. The zero-order valence-electron chi connectivity index (χ0n) is 35.3. The Morgan fingerprint density at radius 1 is 0.364 bits per heavy atom. The SMILES string of the molecule is N#Cc1cccc(-c2cc(-c3cccc(C#N)c3-n3c4ccccc4c4ccc(-c5ccccc5)cc43)nc(-c3cccnc3)n2)c1-n1c2ccccc2c2ccc(-c3ccccc3)cc21. The Kier molecular flexibility index (Phi) is 9.12. The van der Waals surface area contributed by atoms with Gasteiger partial charge in [0.25, 0.3) is 0 Å². The molecule has 4 aromatic heterocycles. The van der Waals surface area contributed by atoms with Gasteiger partial charge in [-0.25, -0.2) is 9.97 Å². The van der Waals surface area contributed by atoms with Gasteiger partial charge in [-0.2, -0.15) is 10.5 Å². The number of nitriles is 2. The molecule has 0 aliphatic carbocycles. The minimum absolute atomic E-state index is 0.458. The minimum Gasteiger partial charge on any atom is -0.307 e. The minimum atomic E-state index is 0.458. The molecule has 66 heavy (non-hydrogen) atoms. The average molecular weight is 842 g/mol. The maximum absolute atomic E-state index is 11.0. The van der Waals surface area contributed by atoms with Crippen LogP contribution < -0.4 is 0 Å². The largest absolute Gasteiger partial charge is 0.307 e. The van der Waals surface area contributed by atoms with Gasteiger partial charge in [-0.15, -0.1) is 0 Å². The Labute approximate surface area is 380 Å². The molecule has 7 nitrogen and oxygen atoms in total. The highest BCUT2D eigenvalue weighted by Gasteiger charge is 2.24. The average Bonchev–Trinajstić information content (AvgIpc) is 3.90. The Morgan fingerprint density at radius 3 is 1.29 bits per heavy atom. The van der Waals surface area contributed by atoms with Gasteiger partial charge in [0.1, 0.15) is 12.1 Å². The van der Waals surface area contributed by atoms with Crippen LogP contribution in [0.3, 0.4) is 0 Å². The van der Waals surface area contributed by atoms with E-state index in [0.717, 1.165) is 82.6 Å². The third-order valence-electron chi connectivity index (χ3n) is 12.5. The van der Waals surface area contributed by atoms with E-state index in [1.165, 1.54) is 0 Å². The molecule has 0 amide bonds. The summed E-state index contributed by atoms with van der Waals surface area (Å²) in [6.45, 7) is 0. The van der Waals surface area contributed by atoms with Gasteiger partial charge >= 0.3 is 0 Å². The van der Waals surface area contributed by atoms with Crippen molar-refractivity contribution in [1.29, 1.82) is 10.5 Å². The first-order valence-electron chi connectivity index (χ1n) is 21.7. The second-order valence-corrected chi connectivity index (χ2v) is 16.2. The Balaban J connectivity index is 1.15. The van der Waals surface area contributed by atoms with Gasteiger partial charge < -0.3 is 9.13 Å². The summed E-state index contributed by atoms with van der Waals surface area (Å²) in [6.07, 6.45) is 3.49. The van der Waals surface area contributed by atoms with Crippen molar-refractivity contribution in [3.63, 3.8) is 0 Å². The molecular weight excluding hydrogens is 807 g/mol. The number of para-hydroxylation sites is 4. The normalized spacial score (nSPS) is 11.3. The van der Waals surface area contributed by atoms with E-state index in [4.69, 9.17) is 9.97 Å². The summed E-state index contributed by atoms with van der Waals surface area (Å²) in [5, 5.41) is 26.2. The molecule has 0 radical (unpaired) electrons. The number of rotatable bonds is 7. The number of nitrogens with zero attached hydrogens (tertiary/aromatic N) is 7.